The molecule has 1 aliphatic rings. The molecule has 3 aromatic rings. The molecule has 2 heterocycles. The van der Waals surface area contributed by atoms with Gasteiger partial charge in [-0.05, 0) is 68.7 Å². The predicted octanol–water partition coefficient (Wildman–Crippen LogP) is 6.39. The van der Waals surface area contributed by atoms with Crippen LogP contribution in [-0.4, -0.2) is 41.9 Å². The quantitative estimate of drug-likeness (QED) is 0.291. The van der Waals surface area contributed by atoms with Gasteiger partial charge in [0, 0.05) is 11.0 Å². The summed E-state index contributed by atoms with van der Waals surface area (Å²) in [5.74, 6) is -0.00937. The highest BCUT2D eigenvalue weighted by Gasteiger charge is 2.42. The Morgan fingerprint density at radius 3 is 2.24 bits per heavy atom. The lowest BCUT2D eigenvalue weighted by atomic mass is 9.98. The van der Waals surface area contributed by atoms with Gasteiger partial charge in [0.25, 0.3) is 5.91 Å². The standard InChI is InChI=1S/C28H33BrN2O3/c1-3-5-16-30(17-6-4-2)18-9-19-31-25(20-12-14-21(29)15-13-20)24-26(32)22-10-7-8-11-23(22)34-27(24)28(31)33/h7-8,10-15,25H,3-6,9,16-19H2,1-2H3. The van der Waals surface area contributed by atoms with Gasteiger partial charge in [-0.25, -0.2) is 0 Å². The fourth-order valence-corrected chi connectivity index (χ4v) is 5.02. The molecule has 6 heteroatoms. The summed E-state index contributed by atoms with van der Waals surface area (Å²) in [5, 5.41) is 0.517. The molecule has 1 amide bonds. The van der Waals surface area contributed by atoms with E-state index < -0.39 is 6.04 Å². The summed E-state index contributed by atoms with van der Waals surface area (Å²) >= 11 is 3.49. The van der Waals surface area contributed by atoms with Gasteiger partial charge in [-0.3, -0.25) is 9.59 Å². The van der Waals surface area contributed by atoms with Crippen molar-refractivity contribution in [3.05, 3.63) is 80.1 Å². The molecule has 1 aromatic heterocycles. The van der Waals surface area contributed by atoms with E-state index in [2.05, 4.69) is 34.7 Å². The maximum absolute atomic E-state index is 13.5. The van der Waals surface area contributed by atoms with E-state index in [4.69, 9.17) is 4.42 Å². The Balaban J connectivity index is 1.64. The summed E-state index contributed by atoms with van der Waals surface area (Å²) in [4.78, 5) is 31.4. The Kier molecular flexibility index (Phi) is 8.22. The Hall–Kier alpha value is -2.44. The smallest absolute Gasteiger partial charge is 0.290 e. The molecule has 4 rings (SSSR count). The molecule has 1 atom stereocenters. The zero-order chi connectivity index (χ0) is 24.1. The van der Waals surface area contributed by atoms with E-state index in [1.165, 1.54) is 25.7 Å². The lowest BCUT2D eigenvalue weighted by Gasteiger charge is -2.27. The van der Waals surface area contributed by atoms with E-state index in [0.717, 1.165) is 36.1 Å². The Morgan fingerprint density at radius 1 is 0.912 bits per heavy atom. The average Bonchev–Trinajstić information content (AvgIpc) is 3.13. The molecular weight excluding hydrogens is 492 g/mol. The molecule has 2 aromatic carbocycles. The SMILES string of the molecule is CCCCN(CCCC)CCCN1C(=O)c2oc3ccccc3c(=O)c2C1c1ccc(Br)cc1. The maximum atomic E-state index is 13.5. The molecule has 180 valence electrons. The summed E-state index contributed by atoms with van der Waals surface area (Å²) in [7, 11) is 0. The third kappa shape index (κ3) is 5.13. The largest absolute Gasteiger partial charge is 0.450 e. The number of nitrogens with zero attached hydrogens (tertiary/aromatic N) is 2. The molecule has 1 aliphatic heterocycles. The van der Waals surface area contributed by atoms with Crippen LogP contribution in [0.5, 0.6) is 0 Å². The number of hydrogen-bond donors (Lipinski definition) is 0. The first-order chi connectivity index (χ1) is 16.5. The number of unbranched alkanes of at least 4 members (excludes halogenated alkanes) is 2. The maximum Gasteiger partial charge on any atom is 0.290 e. The van der Waals surface area contributed by atoms with Crippen molar-refractivity contribution in [2.75, 3.05) is 26.2 Å². The number of para-hydroxylation sites is 1. The van der Waals surface area contributed by atoms with Crippen LogP contribution in [0.2, 0.25) is 0 Å². The van der Waals surface area contributed by atoms with Gasteiger partial charge < -0.3 is 14.2 Å². The lowest BCUT2D eigenvalue weighted by molar-refractivity contribution is 0.0719. The average molecular weight is 525 g/mol. The summed E-state index contributed by atoms with van der Waals surface area (Å²) < 4.78 is 6.98. The summed E-state index contributed by atoms with van der Waals surface area (Å²) in [5.41, 5.74) is 1.72. The Bertz CT molecular complexity index is 1180. The van der Waals surface area contributed by atoms with Gasteiger partial charge in [-0.15, -0.1) is 0 Å². The minimum absolute atomic E-state index is 0.117. The summed E-state index contributed by atoms with van der Waals surface area (Å²) in [6.45, 7) is 8.13. The minimum atomic E-state index is -0.434. The molecule has 0 N–H and O–H groups in total. The van der Waals surface area contributed by atoms with Crippen LogP contribution in [0.3, 0.4) is 0 Å². The highest BCUT2D eigenvalue weighted by atomic mass is 79.9. The normalized spacial score (nSPS) is 15.5. The third-order valence-corrected chi connectivity index (χ3v) is 7.12. The molecule has 0 saturated heterocycles. The fourth-order valence-electron chi connectivity index (χ4n) is 4.75. The zero-order valence-corrected chi connectivity index (χ0v) is 21.6. The lowest BCUT2D eigenvalue weighted by Crippen LogP contribution is -2.34. The minimum Gasteiger partial charge on any atom is -0.450 e. The number of benzene rings is 2. The van der Waals surface area contributed by atoms with E-state index in [1.807, 2.05) is 41.3 Å². The number of hydrogen-bond acceptors (Lipinski definition) is 4. The first kappa shape index (κ1) is 24.7. The van der Waals surface area contributed by atoms with Gasteiger partial charge in [0.2, 0.25) is 5.76 Å². The Morgan fingerprint density at radius 2 is 1.56 bits per heavy atom. The van der Waals surface area contributed by atoms with Crippen molar-refractivity contribution in [2.24, 2.45) is 0 Å². The molecule has 1 unspecified atom stereocenters. The number of rotatable bonds is 11. The van der Waals surface area contributed by atoms with Crippen LogP contribution >= 0.6 is 15.9 Å². The van der Waals surface area contributed by atoms with Crippen molar-refractivity contribution in [3.8, 4) is 0 Å². The highest BCUT2D eigenvalue weighted by molar-refractivity contribution is 9.10. The molecule has 0 radical (unpaired) electrons. The predicted molar refractivity (Wildman–Crippen MR) is 140 cm³/mol. The van der Waals surface area contributed by atoms with E-state index in [9.17, 15) is 9.59 Å². The fraction of sp³-hybridized carbons (Fsp3) is 0.429. The van der Waals surface area contributed by atoms with Gasteiger partial charge in [0.15, 0.2) is 5.43 Å². The first-order valence-corrected chi connectivity index (χ1v) is 13.2. The molecule has 0 saturated carbocycles. The third-order valence-electron chi connectivity index (χ3n) is 6.59. The van der Waals surface area contributed by atoms with Crippen molar-refractivity contribution in [1.29, 1.82) is 0 Å². The van der Waals surface area contributed by atoms with Crippen LogP contribution in [0.25, 0.3) is 11.0 Å². The topological polar surface area (TPSA) is 53.8 Å². The number of carbonyl (C=O) groups is 1. The number of amides is 1. The van der Waals surface area contributed by atoms with Crippen molar-refractivity contribution >= 4 is 32.8 Å². The second-order valence-electron chi connectivity index (χ2n) is 9.03. The molecule has 0 fully saturated rings. The van der Waals surface area contributed by atoms with E-state index in [1.54, 1.807) is 12.1 Å². The van der Waals surface area contributed by atoms with Crippen LogP contribution in [0.4, 0.5) is 0 Å². The van der Waals surface area contributed by atoms with E-state index in [-0.39, 0.29) is 17.1 Å². The highest BCUT2D eigenvalue weighted by Crippen LogP contribution is 2.38. The van der Waals surface area contributed by atoms with E-state index >= 15 is 0 Å². The van der Waals surface area contributed by atoms with Gasteiger partial charge >= 0.3 is 0 Å². The van der Waals surface area contributed by atoms with Crippen LogP contribution < -0.4 is 5.43 Å². The zero-order valence-electron chi connectivity index (χ0n) is 20.1. The number of halogens is 1. The molecular formula is C28H33BrN2O3. The molecule has 5 nitrogen and oxygen atoms in total. The molecule has 0 bridgehead atoms. The van der Waals surface area contributed by atoms with Crippen LogP contribution in [0.1, 0.15) is 73.7 Å². The first-order valence-electron chi connectivity index (χ1n) is 12.4. The second-order valence-corrected chi connectivity index (χ2v) is 9.94. The Labute approximate surface area is 209 Å². The van der Waals surface area contributed by atoms with Gasteiger partial charge in [0.05, 0.1) is 17.0 Å². The number of fused-ring (bicyclic) bond motifs is 2. The van der Waals surface area contributed by atoms with Gasteiger partial charge in [-0.2, -0.15) is 0 Å². The van der Waals surface area contributed by atoms with Crippen molar-refractivity contribution in [2.45, 2.75) is 52.0 Å². The van der Waals surface area contributed by atoms with Crippen LogP contribution in [0.15, 0.2) is 62.2 Å². The van der Waals surface area contributed by atoms with Gasteiger partial charge in [-0.1, -0.05) is 66.9 Å². The molecule has 0 spiro atoms. The summed E-state index contributed by atoms with van der Waals surface area (Å²) in [6.07, 6.45) is 5.58. The van der Waals surface area contributed by atoms with Crippen molar-refractivity contribution < 1.29 is 9.21 Å². The van der Waals surface area contributed by atoms with E-state index in [0.29, 0.717) is 23.1 Å². The van der Waals surface area contributed by atoms with Gasteiger partial charge in [0.1, 0.15) is 5.58 Å². The monoisotopic (exact) mass is 524 g/mol. The molecule has 0 aliphatic carbocycles. The van der Waals surface area contributed by atoms with Crippen molar-refractivity contribution in [1.82, 2.24) is 9.80 Å². The number of carbonyl (C=O) groups excluding carboxylic acids is 1. The summed E-state index contributed by atoms with van der Waals surface area (Å²) in [6, 6.07) is 14.6. The molecule has 34 heavy (non-hydrogen) atoms. The van der Waals surface area contributed by atoms with Crippen molar-refractivity contribution in [3.63, 3.8) is 0 Å². The van der Waals surface area contributed by atoms with Crippen LogP contribution in [-0.2, 0) is 0 Å². The second kappa shape index (κ2) is 11.3. The van der Waals surface area contributed by atoms with Crippen LogP contribution in [0, 0.1) is 0 Å².